The molecule has 3 nitrogen and oxygen atoms in total. The molecule has 9 heavy (non-hydrogen) atoms. The minimum atomic E-state index is 0.296. The van der Waals surface area contributed by atoms with Crippen LogP contribution >= 0.6 is 0 Å². The zero-order chi connectivity index (χ0) is 7.28. The summed E-state index contributed by atoms with van der Waals surface area (Å²) >= 11 is 0. The number of oxime groups is 1. The summed E-state index contributed by atoms with van der Waals surface area (Å²) in [5.74, 6) is 0. The van der Waals surface area contributed by atoms with Gasteiger partial charge in [0.1, 0.15) is 7.11 Å². The van der Waals surface area contributed by atoms with Crippen LogP contribution < -0.4 is 5.32 Å². The van der Waals surface area contributed by atoms with Gasteiger partial charge in [-0.3, -0.25) is 0 Å². The monoisotopic (exact) mass is 130 g/mol. The molecule has 0 saturated heterocycles. The molecule has 0 saturated carbocycles. The molecule has 0 spiro atoms. The van der Waals surface area contributed by atoms with Crippen molar-refractivity contribution in [1.29, 1.82) is 0 Å². The van der Waals surface area contributed by atoms with Crippen molar-refractivity contribution in [3.8, 4) is 0 Å². The van der Waals surface area contributed by atoms with Gasteiger partial charge >= 0.3 is 0 Å². The lowest BCUT2D eigenvalue weighted by atomic mass is 10.2. The number of hydrogen-bond donors (Lipinski definition) is 1. The van der Waals surface area contributed by atoms with Crippen LogP contribution in [0.4, 0.5) is 0 Å². The summed E-state index contributed by atoms with van der Waals surface area (Å²) in [6, 6.07) is 0.296. The summed E-state index contributed by atoms with van der Waals surface area (Å²) in [5.41, 5.74) is 0.958. The Bertz CT molecular complexity index is 101. The number of rotatable bonds is 3. The van der Waals surface area contributed by atoms with E-state index in [2.05, 4.69) is 15.3 Å². The fraction of sp³-hybridized carbons (Fsp3) is 0.833. The van der Waals surface area contributed by atoms with Crippen LogP contribution in [0.5, 0.6) is 0 Å². The summed E-state index contributed by atoms with van der Waals surface area (Å²) in [6.45, 7) is 3.95. The van der Waals surface area contributed by atoms with Crippen molar-refractivity contribution in [2.24, 2.45) is 5.16 Å². The van der Waals surface area contributed by atoms with Crippen LogP contribution in [0, 0.1) is 0 Å². The Hall–Kier alpha value is -0.570. The van der Waals surface area contributed by atoms with Gasteiger partial charge in [0.15, 0.2) is 0 Å². The van der Waals surface area contributed by atoms with Crippen molar-refractivity contribution in [2.45, 2.75) is 19.9 Å². The maximum absolute atomic E-state index is 4.57. The third-order valence-electron chi connectivity index (χ3n) is 1.29. The van der Waals surface area contributed by atoms with Crippen LogP contribution in [-0.2, 0) is 4.84 Å². The smallest absolute Gasteiger partial charge is 0.106 e. The molecular weight excluding hydrogens is 116 g/mol. The summed E-state index contributed by atoms with van der Waals surface area (Å²) in [5, 5.41) is 6.79. The van der Waals surface area contributed by atoms with Crippen LogP contribution in [-0.4, -0.2) is 25.9 Å². The van der Waals surface area contributed by atoms with Gasteiger partial charge in [-0.15, -0.1) is 0 Å². The van der Waals surface area contributed by atoms with E-state index in [9.17, 15) is 0 Å². The van der Waals surface area contributed by atoms with Gasteiger partial charge in [-0.1, -0.05) is 5.16 Å². The van der Waals surface area contributed by atoms with E-state index in [4.69, 9.17) is 0 Å². The highest BCUT2D eigenvalue weighted by atomic mass is 16.6. The van der Waals surface area contributed by atoms with Gasteiger partial charge < -0.3 is 10.2 Å². The predicted molar refractivity (Wildman–Crippen MR) is 38.6 cm³/mol. The van der Waals surface area contributed by atoms with Crippen molar-refractivity contribution >= 4 is 5.71 Å². The lowest BCUT2D eigenvalue weighted by Crippen LogP contribution is -2.28. The summed E-state index contributed by atoms with van der Waals surface area (Å²) in [4.78, 5) is 4.57. The van der Waals surface area contributed by atoms with E-state index in [0.29, 0.717) is 6.04 Å². The van der Waals surface area contributed by atoms with Gasteiger partial charge in [0.2, 0.25) is 0 Å². The Balaban J connectivity index is 3.70. The van der Waals surface area contributed by atoms with E-state index in [1.165, 1.54) is 0 Å². The maximum Gasteiger partial charge on any atom is 0.106 e. The van der Waals surface area contributed by atoms with Crippen LogP contribution in [0.2, 0.25) is 0 Å². The molecule has 54 valence electrons. The van der Waals surface area contributed by atoms with E-state index in [1.54, 1.807) is 7.11 Å². The Morgan fingerprint density at radius 1 is 1.67 bits per heavy atom. The predicted octanol–water partition coefficient (Wildman–Crippen LogP) is 0.617. The maximum atomic E-state index is 4.57. The molecule has 3 heteroatoms. The normalized spacial score (nSPS) is 15.3. The summed E-state index contributed by atoms with van der Waals surface area (Å²) in [7, 11) is 3.44. The fourth-order valence-electron chi connectivity index (χ4n) is 0.432. The standard InChI is InChI=1S/C6H14N2O/c1-5(7-3)6(2)8-9-4/h5,7H,1-4H3/b8-6-. The third kappa shape index (κ3) is 3.08. The second kappa shape index (κ2) is 4.32. The lowest BCUT2D eigenvalue weighted by molar-refractivity contribution is 0.211. The van der Waals surface area contributed by atoms with Gasteiger partial charge in [0.05, 0.1) is 5.71 Å². The van der Waals surface area contributed by atoms with Crippen molar-refractivity contribution < 1.29 is 4.84 Å². The Kier molecular flexibility index (Phi) is 4.05. The van der Waals surface area contributed by atoms with Gasteiger partial charge in [0.25, 0.3) is 0 Å². The second-order valence-corrected chi connectivity index (χ2v) is 1.93. The molecule has 1 unspecified atom stereocenters. The largest absolute Gasteiger partial charge is 0.399 e. The highest BCUT2D eigenvalue weighted by Crippen LogP contribution is 1.85. The molecule has 0 fully saturated rings. The molecular formula is C6H14N2O. The lowest BCUT2D eigenvalue weighted by Gasteiger charge is -2.06. The van der Waals surface area contributed by atoms with E-state index in [-0.39, 0.29) is 0 Å². The average Bonchev–Trinajstić information content (AvgIpc) is 1.87. The number of nitrogens with one attached hydrogen (secondary N) is 1. The van der Waals surface area contributed by atoms with Crippen LogP contribution in [0.3, 0.4) is 0 Å². The van der Waals surface area contributed by atoms with E-state index >= 15 is 0 Å². The zero-order valence-corrected chi connectivity index (χ0v) is 6.43. The SMILES string of the molecule is CNC(C)/C(C)=N\OC. The molecule has 0 amide bonds. The number of nitrogens with zero attached hydrogens (tertiary/aromatic N) is 1. The third-order valence-corrected chi connectivity index (χ3v) is 1.29. The molecule has 0 aromatic rings. The van der Waals surface area contributed by atoms with E-state index in [0.717, 1.165) is 5.71 Å². The molecule has 0 aromatic heterocycles. The summed E-state index contributed by atoms with van der Waals surface area (Å²) < 4.78 is 0. The van der Waals surface area contributed by atoms with E-state index < -0.39 is 0 Å². The Labute approximate surface area is 56.1 Å². The highest BCUT2D eigenvalue weighted by molar-refractivity contribution is 5.86. The highest BCUT2D eigenvalue weighted by Gasteiger charge is 2.00. The first-order chi connectivity index (χ1) is 4.22. The molecule has 0 heterocycles. The topological polar surface area (TPSA) is 33.6 Å². The molecule has 0 bridgehead atoms. The van der Waals surface area contributed by atoms with Crippen LogP contribution in [0.25, 0.3) is 0 Å². The first-order valence-electron chi connectivity index (χ1n) is 2.97. The zero-order valence-electron chi connectivity index (χ0n) is 6.43. The van der Waals surface area contributed by atoms with Crippen molar-refractivity contribution in [1.82, 2.24) is 5.32 Å². The summed E-state index contributed by atoms with van der Waals surface area (Å²) in [6.07, 6.45) is 0. The Morgan fingerprint density at radius 2 is 2.22 bits per heavy atom. The first-order valence-corrected chi connectivity index (χ1v) is 2.97. The molecule has 0 aromatic carbocycles. The second-order valence-electron chi connectivity index (χ2n) is 1.93. The molecule has 0 aliphatic carbocycles. The average molecular weight is 130 g/mol. The van der Waals surface area contributed by atoms with Gasteiger partial charge in [-0.2, -0.15) is 0 Å². The first kappa shape index (κ1) is 8.43. The van der Waals surface area contributed by atoms with Gasteiger partial charge in [-0.05, 0) is 20.9 Å². The minimum absolute atomic E-state index is 0.296. The van der Waals surface area contributed by atoms with Crippen molar-refractivity contribution in [3.05, 3.63) is 0 Å². The molecule has 0 aliphatic heterocycles. The molecule has 0 rings (SSSR count). The van der Waals surface area contributed by atoms with Crippen LogP contribution in [0.15, 0.2) is 5.16 Å². The van der Waals surface area contributed by atoms with E-state index in [1.807, 2.05) is 20.9 Å². The molecule has 0 radical (unpaired) electrons. The Morgan fingerprint density at radius 3 is 2.56 bits per heavy atom. The molecule has 1 N–H and O–H groups in total. The quantitative estimate of drug-likeness (QED) is 0.448. The van der Waals surface area contributed by atoms with Crippen molar-refractivity contribution in [3.63, 3.8) is 0 Å². The van der Waals surface area contributed by atoms with Crippen molar-refractivity contribution in [2.75, 3.05) is 14.2 Å². The fourth-order valence-corrected chi connectivity index (χ4v) is 0.432. The van der Waals surface area contributed by atoms with Crippen LogP contribution in [0.1, 0.15) is 13.8 Å². The number of hydrogen-bond acceptors (Lipinski definition) is 3. The minimum Gasteiger partial charge on any atom is -0.399 e. The molecule has 1 atom stereocenters. The van der Waals surface area contributed by atoms with Gasteiger partial charge in [0, 0.05) is 6.04 Å². The molecule has 0 aliphatic rings. The van der Waals surface area contributed by atoms with Gasteiger partial charge in [-0.25, -0.2) is 0 Å².